The molecule has 0 saturated carbocycles. The van der Waals surface area contributed by atoms with Crippen molar-refractivity contribution in [2.24, 2.45) is 5.73 Å². The van der Waals surface area contributed by atoms with Gasteiger partial charge in [-0.25, -0.2) is 4.98 Å². The smallest absolute Gasteiger partial charge is 0.239 e. The number of nitrogens with one attached hydrogen (secondary N) is 1. The van der Waals surface area contributed by atoms with E-state index < -0.39 is 6.04 Å². The minimum absolute atomic E-state index is 0. The van der Waals surface area contributed by atoms with Crippen LogP contribution >= 0.6 is 36.2 Å². The van der Waals surface area contributed by atoms with Crippen molar-refractivity contribution in [3.63, 3.8) is 0 Å². The third-order valence-electron chi connectivity index (χ3n) is 2.17. The van der Waals surface area contributed by atoms with Crippen LogP contribution in [0.4, 0.5) is 0 Å². The second-order valence-electron chi connectivity index (χ2n) is 3.53. The Morgan fingerprint density at radius 3 is 2.56 bits per heavy atom. The number of nitrogens with zero attached hydrogens (tertiary/aromatic N) is 1. The largest absolute Gasteiger partial charge is 0.383 e. The van der Waals surface area contributed by atoms with E-state index in [4.69, 9.17) is 10.5 Å². The molecule has 106 valence electrons. The van der Waals surface area contributed by atoms with Gasteiger partial charge >= 0.3 is 0 Å². The molecule has 1 aromatic rings. The minimum atomic E-state index is -0.618. The van der Waals surface area contributed by atoms with Gasteiger partial charge in [0, 0.05) is 12.0 Å². The van der Waals surface area contributed by atoms with Gasteiger partial charge in [-0.05, 0) is 13.8 Å². The van der Waals surface area contributed by atoms with Crippen LogP contribution in [0, 0.1) is 13.8 Å². The Hall–Kier alpha value is -0.400. The highest BCUT2D eigenvalue weighted by Gasteiger charge is 2.13. The number of methoxy groups -OCH3 is 1. The maximum atomic E-state index is 11.5. The Balaban J connectivity index is 0. The lowest BCUT2D eigenvalue weighted by atomic mass is 10.3. The SMILES string of the molecule is COCC(N)C(=O)NCc1nc(C)c(C)s1.Cl.Cl. The molecule has 1 unspecified atom stereocenters. The van der Waals surface area contributed by atoms with Crippen LogP contribution < -0.4 is 11.1 Å². The summed E-state index contributed by atoms with van der Waals surface area (Å²) in [5.41, 5.74) is 6.58. The summed E-state index contributed by atoms with van der Waals surface area (Å²) in [7, 11) is 1.51. The number of aryl methyl sites for hydroxylation is 2. The van der Waals surface area contributed by atoms with Crippen molar-refractivity contribution >= 4 is 42.1 Å². The molecule has 0 bridgehead atoms. The highest BCUT2D eigenvalue weighted by molar-refractivity contribution is 7.11. The molecule has 0 aromatic carbocycles. The third kappa shape index (κ3) is 5.97. The fourth-order valence-electron chi connectivity index (χ4n) is 1.16. The van der Waals surface area contributed by atoms with Gasteiger partial charge in [-0.15, -0.1) is 36.2 Å². The molecule has 0 saturated heterocycles. The van der Waals surface area contributed by atoms with Crippen LogP contribution in [0.3, 0.4) is 0 Å². The zero-order valence-corrected chi connectivity index (χ0v) is 13.0. The maximum absolute atomic E-state index is 11.5. The second kappa shape index (κ2) is 9.52. The summed E-state index contributed by atoms with van der Waals surface area (Å²) in [4.78, 5) is 16.9. The van der Waals surface area contributed by atoms with Crippen LogP contribution in [0.15, 0.2) is 0 Å². The van der Waals surface area contributed by atoms with E-state index in [0.29, 0.717) is 6.54 Å². The lowest BCUT2D eigenvalue weighted by Crippen LogP contribution is -2.43. The van der Waals surface area contributed by atoms with Crippen LogP contribution in [0.25, 0.3) is 0 Å². The summed E-state index contributed by atoms with van der Waals surface area (Å²) < 4.78 is 4.80. The summed E-state index contributed by atoms with van der Waals surface area (Å²) in [5.74, 6) is -0.215. The molecule has 3 N–H and O–H groups in total. The molecule has 5 nitrogen and oxygen atoms in total. The summed E-state index contributed by atoms with van der Waals surface area (Å²) >= 11 is 1.58. The minimum Gasteiger partial charge on any atom is -0.383 e. The van der Waals surface area contributed by atoms with Crippen molar-refractivity contribution in [2.45, 2.75) is 26.4 Å². The van der Waals surface area contributed by atoms with Crippen LogP contribution in [0.2, 0.25) is 0 Å². The van der Waals surface area contributed by atoms with Gasteiger partial charge in [0.1, 0.15) is 11.0 Å². The Morgan fingerprint density at radius 2 is 2.11 bits per heavy atom. The van der Waals surface area contributed by atoms with Crippen molar-refractivity contribution in [1.29, 1.82) is 0 Å². The number of carbonyl (C=O) groups is 1. The first-order chi connectivity index (χ1) is 7.54. The van der Waals surface area contributed by atoms with E-state index in [9.17, 15) is 4.79 Å². The topological polar surface area (TPSA) is 77.2 Å². The Bertz CT molecular complexity index is 355. The zero-order chi connectivity index (χ0) is 12.1. The molecule has 0 radical (unpaired) electrons. The second-order valence-corrected chi connectivity index (χ2v) is 4.82. The number of aromatic nitrogens is 1. The van der Waals surface area contributed by atoms with E-state index in [1.54, 1.807) is 11.3 Å². The Morgan fingerprint density at radius 1 is 1.50 bits per heavy atom. The van der Waals surface area contributed by atoms with E-state index in [2.05, 4.69) is 10.3 Å². The lowest BCUT2D eigenvalue weighted by molar-refractivity contribution is -0.123. The van der Waals surface area contributed by atoms with Crippen LogP contribution in [0.1, 0.15) is 15.6 Å². The number of ether oxygens (including phenoxy) is 1. The monoisotopic (exact) mass is 315 g/mol. The van der Waals surface area contributed by atoms with Crippen molar-refractivity contribution in [3.05, 3.63) is 15.6 Å². The number of halogens is 2. The number of amides is 1. The number of thiazole rings is 1. The van der Waals surface area contributed by atoms with Gasteiger partial charge in [0.05, 0.1) is 18.8 Å². The summed E-state index contributed by atoms with van der Waals surface area (Å²) in [6.07, 6.45) is 0. The lowest BCUT2D eigenvalue weighted by Gasteiger charge is -2.09. The number of hydrogen-bond donors (Lipinski definition) is 2. The van der Waals surface area contributed by atoms with E-state index in [-0.39, 0.29) is 37.3 Å². The molecule has 1 aromatic heterocycles. The molecule has 1 rings (SSSR count). The molecule has 1 atom stereocenters. The van der Waals surface area contributed by atoms with E-state index in [1.807, 2.05) is 13.8 Å². The zero-order valence-electron chi connectivity index (χ0n) is 10.6. The normalized spacial score (nSPS) is 11.1. The van der Waals surface area contributed by atoms with Gasteiger partial charge in [-0.2, -0.15) is 0 Å². The number of rotatable bonds is 5. The average Bonchev–Trinajstić information content (AvgIpc) is 2.55. The first kappa shape index (κ1) is 19.9. The van der Waals surface area contributed by atoms with Gasteiger partial charge in [0.15, 0.2) is 0 Å². The predicted octanol–water partition coefficient (Wildman–Crippen LogP) is 1.19. The summed E-state index contributed by atoms with van der Waals surface area (Å²) in [5, 5.41) is 3.62. The quantitative estimate of drug-likeness (QED) is 0.855. The van der Waals surface area contributed by atoms with E-state index >= 15 is 0 Å². The van der Waals surface area contributed by atoms with Crippen LogP contribution in [-0.2, 0) is 16.1 Å². The summed E-state index contributed by atoms with van der Waals surface area (Å²) in [6, 6.07) is -0.618. The van der Waals surface area contributed by atoms with Crippen LogP contribution in [0.5, 0.6) is 0 Å². The fourth-order valence-corrected chi connectivity index (χ4v) is 2.04. The molecule has 1 heterocycles. The third-order valence-corrected chi connectivity index (χ3v) is 3.24. The molecule has 1 amide bonds. The molecule has 8 heteroatoms. The molecule has 0 fully saturated rings. The highest BCUT2D eigenvalue weighted by Crippen LogP contribution is 2.15. The summed E-state index contributed by atoms with van der Waals surface area (Å²) in [6.45, 7) is 4.61. The van der Waals surface area contributed by atoms with Gasteiger partial charge < -0.3 is 15.8 Å². The first-order valence-corrected chi connectivity index (χ1v) is 5.81. The molecular weight excluding hydrogens is 297 g/mol. The molecule has 18 heavy (non-hydrogen) atoms. The molecule has 0 spiro atoms. The molecule has 0 aliphatic carbocycles. The number of nitrogens with two attached hydrogens (primary N) is 1. The first-order valence-electron chi connectivity index (χ1n) is 4.99. The van der Waals surface area contributed by atoms with Gasteiger partial charge in [-0.1, -0.05) is 0 Å². The van der Waals surface area contributed by atoms with Gasteiger partial charge in [0.2, 0.25) is 5.91 Å². The average molecular weight is 316 g/mol. The van der Waals surface area contributed by atoms with E-state index in [1.165, 1.54) is 12.0 Å². The van der Waals surface area contributed by atoms with Crippen molar-refractivity contribution in [3.8, 4) is 0 Å². The standard InChI is InChI=1S/C10H17N3O2S.2ClH/c1-6-7(2)16-9(13-6)4-12-10(14)8(11)5-15-3;;/h8H,4-5,11H2,1-3H3,(H,12,14);2*1H. The molecule has 0 aliphatic rings. The Labute approximate surface area is 123 Å². The predicted molar refractivity (Wildman–Crippen MR) is 77.8 cm³/mol. The van der Waals surface area contributed by atoms with E-state index in [0.717, 1.165) is 10.7 Å². The van der Waals surface area contributed by atoms with Crippen LogP contribution in [-0.4, -0.2) is 30.6 Å². The fraction of sp³-hybridized carbons (Fsp3) is 0.600. The number of hydrogen-bond acceptors (Lipinski definition) is 5. The highest BCUT2D eigenvalue weighted by atomic mass is 35.5. The molecular formula is C10H19Cl2N3O2S. The Kier molecular flexibility index (Phi) is 10.5. The molecule has 0 aliphatic heterocycles. The van der Waals surface area contributed by atoms with Crippen molar-refractivity contribution < 1.29 is 9.53 Å². The van der Waals surface area contributed by atoms with Crippen molar-refractivity contribution in [1.82, 2.24) is 10.3 Å². The van der Waals surface area contributed by atoms with Crippen molar-refractivity contribution in [2.75, 3.05) is 13.7 Å². The van der Waals surface area contributed by atoms with Gasteiger partial charge in [0.25, 0.3) is 0 Å². The number of carbonyl (C=O) groups excluding carboxylic acids is 1. The van der Waals surface area contributed by atoms with Gasteiger partial charge in [-0.3, -0.25) is 4.79 Å². The maximum Gasteiger partial charge on any atom is 0.239 e.